The van der Waals surface area contributed by atoms with Crippen molar-refractivity contribution in [2.24, 2.45) is 5.73 Å². The number of amides is 1. The van der Waals surface area contributed by atoms with Crippen LogP contribution in [0.1, 0.15) is 19.8 Å². The van der Waals surface area contributed by atoms with E-state index in [1.54, 1.807) is 0 Å². The van der Waals surface area contributed by atoms with Gasteiger partial charge in [-0.15, -0.1) is 0 Å². The molecule has 1 rings (SSSR count). The number of nitrogens with two attached hydrogens (primary N) is 1. The lowest BCUT2D eigenvalue weighted by Gasteiger charge is -2.23. The Balaban J connectivity index is 2.65. The molecule has 1 unspecified atom stereocenters. The van der Waals surface area contributed by atoms with Crippen LogP contribution in [-0.4, -0.2) is 23.4 Å². The van der Waals surface area contributed by atoms with Crippen molar-refractivity contribution in [3.05, 3.63) is 12.3 Å². The highest BCUT2D eigenvalue weighted by atomic mass is 16.1. The molecule has 1 fully saturated rings. The Morgan fingerprint density at radius 1 is 1.73 bits per heavy atom. The molecule has 0 aliphatic carbocycles. The minimum absolute atomic E-state index is 0.104. The smallest absolute Gasteiger partial charge is 0.240 e. The van der Waals surface area contributed by atoms with Crippen molar-refractivity contribution >= 4 is 5.91 Å². The number of allylic oxidation sites excluding steroid dienone is 1. The van der Waals surface area contributed by atoms with Crippen LogP contribution in [0.4, 0.5) is 0 Å². The molecule has 0 aromatic carbocycles. The van der Waals surface area contributed by atoms with E-state index in [0.29, 0.717) is 0 Å². The Bertz CT molecular complexity index is 169. The lowest BCUT2D eigenvalue weighted by Crippen LogP contribution is -2.38. The molecule has 0 aromatic rings. The number of carbonyl (C=O) groups is 1. The maximum Gasteiger partial charge on any atom is 0.240 e. The number of rotatable bonds is 2. The molecule has 3 heteroatoms. The van der Waals surface area contributed by atoms with Crippen molar-refractivity contribution in [1.29, 1.82) is 0 Å². The summed E-state index contributed by atoms with van der Waals surface area (Å²) >= 11 is 0. The van der Waals surface area contributed by atoms with Gasteiger partial charge in [0.2, 0.25) is 5.91 Å². The first-order chi connectivity index (χ1) is 5.13. The Labute approximate surface area is 66.9 Å². The number of hydrogen-bond donors (Lipinski definition) is 1. The molecular weight excluding hydrogens is 140 g/mol. The quantitative estimate of drug-likeness (QED) is 0.628. The van der Waals surface area contributed by atoms with Gasteiger partial charge < -0.3 is 10.6 Å². The summed E-state index contributed by atoms with van der Waals surface area (Å²) in [7, 11) is 0. The first-order valence-corrected chi connectivity index (χ1v) is 3.84. The molecule has 1 atom stereocenters. The van der Waals surface area contributed by atoms with Crippen LogP contribution >= 0.6 is 0 Å². The van der Waals surface area contributed by atoms with Crippen LogP contribution in [0.3, 0.4) is 0 Å². The SMILES string of the molecule is C=C(C)N1CCCC1C(N)=O. The zero-order chi connectivity index (χ0) is 8.43. The maximum absolute atomic E-state index is 10.9. The van der Waals surface area contributed by atoms with E-state index in [1.807, 2.05) is 11.8 Å². The van der Waals surface area contributed by atoms with E-state index in [9.17, 15) is 4.79 Å². The molecule has 1 amide bonds. The first kappa shape index (κ1) is 8.11. The number of nitrogens with zero attached hydrogens (tertiary/aromatic N) is 1. The van der Waals surface area contributed by atoms with Gasteiger partial charge in [-0.3, -0.25) is 4.79 Å². The molecule has 0 radical (unpaired) electrons. The molecule has 0 saturated carbocycles. The summed E-state index contributed by atoms with van der Waals surface area (Å²) in [6.07, 6.45) is 1.92. The molecule has 0 bridgehead atoms. The number of primary amides is 1. The lowest BCUT2D eigenvalue weighted by atomic mass is 10.2. The Morgan fingerprint density at radius 2 is 2.36 bits per heavy atom. The fourth-order valence-corrected chi connectivity index (χ4v) is 1.52. The van der Waals surface area contributed by atoms with E-state index < -0.39 is 0 Å². The third kappa shape index (κ3) is 1.53. The Morgan fingerprint density at radius 3 is 2.73 bits per heavy atom. The third-order valence-electron chi connectivity index (χ3n) is 2.07. The second kappa shape index (κ2) is 2.95. The molecule has 62 valence electrons. The molecule has 2 N–H and O–H groups in total. The van der Waals surface area contributed by atoms with Gasteiger partial charge in [-0.1, -0.05) is 6.58 Å². The number of carbonyl (C=O) groups excluding carboxylic acids is 1. The fraction of sp³-hybridized carbons (Fsp3) is 0.625. The predicted octanol–water partition coefficient (Wildman–Crippen LogP) is 0.470. The van der Waals surface area contributed by atoms with E-state index in [-0.39, 0.29) is 11.9 Å². The van der Waals surface area contributed by atoms with Crippen molar-refractivity contribution in [1.82, 2.24) is 4.90 Å². The lowest BCUT2D eigenvalue weighted by molar-refractivity contribution is -0.121. The van der Waals surface area contributed by atoms with Crippen molar-refractivity contribution < 1.29 is 4.79 Å². The molecule has 1 aliphatic rings. The average molecular weight is 154 g/mol. The van der Waals surface area contributed by atoms with Crippen LogP contribution in [0, 0.1) is 0 Å². The highest BCUT2D eigenvalue weighted by Gasteiger charge is 2.27. The topological polar surface area (TPSA) is 46.3 Å². The van der Waals surface area contributed by atoms with Crippen LogP contribution in [0.5, 0.6) is 0 Å². The maximum atomic E-state index is 10.9. The van der Waals surface area contributed by atoms with Gasteiger partial charge in [0.25, 0.3) is 0 Å². The molecule has 0 spiro atoms. The van der Waals surface area contributed by atoms with Gasteiger partial charge in [0.05, 0.1) is 0 Å². The van der Waals surface area contributed by atoms with Crippen molar-refractivity contribution in [2.75, 3.05) is 6.54 Å². The van der Waals surface area contributed by atoms with Crippen LogP contribution in [-0.2, 0) is 4.79 Å². The summed E-state index contributed by atoms with van der Waals surface area (Å²) in [4.78, 5) is 12.8. The molecule has 1 aliphatic heterocycles. The molecule has 1 heterocycles. The van der Waals surface area contributed by atoms with Crippen molar-refractivity contribution in [3.8, 4) is 0 Å². The standard InChI is InChI=1S/C8H14N2O/c1-6(2)10-5-3-4-7(10)8(9)11/h7H,1,3-5H2,2H3,(H2,9,11). The summed E-state index contributed by atoms with van der Waals surface area (Å²) in [5, 5.41) is 0. The summed E-state index contributed by atoms with van der Waals surface area (Å²) in [5.74, 6) is -0.231. The van der Waals surface area contributed by atoms with Crippen LogP contribution in [0.25, 0.3) is 0 Å². The largest absolute Gasteiger partial charge is 0.368 e. The minimum Gasteiger partial charge on any atom is -0.368 e. The van der Waals surface area contributed by atoms with Crippen LogP contribution < -0.4 is 5.73 Å². The Hall–Kier alpha value is -0.990. The molecule has 3 nitrogen and oxygen atoms in total. The number of likely N-dealkylation sites (tertiary alicyclic amines) is 1. The normalized spacial score (nSPS) is 23.7. The van der Waals surface area contributed by atoms with Crippen molar-refractivity contribution in [2.45, 2.75) is 25.8 Å². The van der Waals surface area contributed by atoms with Crippen molar-refractivity contribution in [3.63, 3.8) is 0 Å². The van der Waals surface area contributed by atoms with E-state index >= 15 is 0 Å². The van der Waals surface area contributed by atoms with Gasteiger partial charge in [-0.2, -0.15) is 0 Å². The molecule has 11 heavy (non-hydrogen) atoms. The zero-order valence-corrected chi connectivity index (χ0v) is 6.84. The zero-order valence-electron chi connectivity index (χ0n) is 6.84. The first-order valence-electron chi connectivity index (χ1n) is 3.84. The summed E-state index contributed by atoms with van der Waals surface area (Å²) < 4.78 is 0. The summed E-state index contributed by atoms with van der Waals surface area (Å²) in [5.41, 5.74) is 6.14. The molecule has 1 saturated heterocycles. The minimum atomic E-state index is -0.231. The highest BCUT2D eigenvalue weighted by Crippen LogP contribution is 2.20. The predicted molar refractivity (Wildman–Crippen MR) is 43.7 cm³/mol. The number of hydrogen-bond acceptors (Lipinski definition) is 2. The van der Waals surface area contributed by atoms with Crippen LogP contribution in [0.2, 0.25) is 0 Å². The molecule has 0 aromatic heterocycles. The second-order valence-corrected chi connectivity index (χ2v) is 2.99. The summed E-state index contributed by atoms with van der Waals surface area (Å²) in [6.45, 7) is 6.61. The third-order valence-corrected chi connectivity index (χ3v) is 2.07. The summed E-state index contributed by atoms with van der Waals surface area (Å²) in [6, 6.07) is -0.104. The van der Waals surface area contributed by atoms with Gasteiger partial charge in [0.15, 0.2) is 0 Å². The Kier molecular flexibility index (Phi) is 2.17. The van der Waals surface area contributed by atoms with E-state index in [0.717, 1.165) is 25.1 Å². The van der Waals surface area contributed by atoms with Gasteiger partial charge in [0.1, 0.15) is 6.04 Å². The molecular formula is C8H14N2O. The van der Waals surface area contributed by atoms with Gasteiger partial charge >= 0.3 is 0 Å². The van der Waals surface area contributed by atoms with E-state index in [1.165, 1.54) is 0 Å². The highest BCUT2D eigenvalue weighted by molar-refractivity contribution is 5.80. The van der Waals surface area contributed by atoms with Crippen LogP contribution in [0.15, 0.2) is 12.3 Å². The van der Waals surface area contributed by atoms with Gasteiger partial charge in [-0.25, -0.2) is 0 Å². The van der Waals surface area contributed by atoms with Gasteiger partial charge in [-0.05, 0) is 19.8 Å². The van der Waals surface area contributed by atoms with E-state index in [4.69, 9.17) is 5.73 Å². The monoisotopic (exact) mass is 154 g/mol. The second-order valence-electron chi connectivity index (χ2n) is 2.99. The fourth-order valence-electron chi connectivity index (χ4n) is 1.52. The average Bonchev–Trinajstić information content (AvgIpc) is 2.32. The van der Waals surface area contributed by atoms with Gasteiger partial charge in [0, 0.05) is 12.2 Å². The van der Waals surface area contributed by atoms with E-state index in [2.05, 4.69) is 6.58 Å².